The molecule has 1 amide bonds. The molecule has 2 atom stereocenters. The summed E-state index contributed by atoms with van der Waals surface area (Å²) in [4.78, 5) is 17.5. The third kappa shape index (κ3) is 3.52. The molecule has 0 saturated carbocycles. The lowest BCUT2D eigenvalue weighted by Crippen LogP contribution is -2.46. The van der Waals surface area contributed by atoms with Crippen LogP contribution < -0.4 is 4.90 Å². The van der Waals surface area contributed by atoms with Gasteiger partial charge in [0.2, 0.25) is 0 Å². The molecule has 0 aromatic heterocycles. The van der Waals surface area contributed by atoms with Crippen molar-refractivity contribution in [1.29, 1.82) is 0 Å². The summed E-state index contributed by atoms with van der Waals surface area (Å²) in [6, 6.07) is 11.9. The van der Waals surface area contributed by atoms with Gasteiger partial charge in [-0.15, -0.1) is 0 Å². The molecule has 4 rings (SSSR count). The van der Waals surface area contributed by atoms with Crippen LogP contribution in [0.15, 0.2) is 42.5 Å². The highest BCUT2D eigenvalue weighted by Gasteiger charge is 2.43. The van der Waals surface area contributed by atoms with Crippen LogP contribution in [0.5, 0.6) is 0 Å². The van der Waals surface area contributed by atoms with Gasteiger partial charge in [-0.2, -0.15) is 0 Å². The molecule has 2 heterocycles. The van der Waals surface area contributed by atoms with Crippen LogP contribution in [0.3, 0.4) is 0 Å². The lowest BCUT2D eigenvalue weighted by Gasteiger charge is -2.36. The van der Waals surface area contributed by atoms with E-state index in [1.165, 1.54) is 11.1 Å². The minimum absolute atomic E-state index is 0.00294. The Bertz CT molecular complexity index is 925. The smallest absolute Gasteiger partial charge is 0.251 e. The summed E-state index contributed by atoms with van der Waals surface area (Å²) in [5.41, 5.74) is 4.36. The van der Waals surface area contributed by atoms with Crippen molar-refractivity contribution in [3.63, 3.8) is 0 Å². The number of anilines is 1. The number of fused-ring (bicyclic) bond motifs is 3. The van der Waals surface area contributed by atoms with Crippen LogP contribution in [-0.4, -0.2) is 37.0 Å². The molecule has 1 fully saturated rings. The molecule has 0 radical (unpaired) electrons. The summed E-state index contributed by atoms with van der Waals surface area (Å²) in [5, 5.41) is 1.13. The Morgan fingerprint density at radius 1 is 1.19 bits per heavy atom. The molecule has 1 saturated heterocycles. The Kier molecular flexibility index (Phi) is 5.02. The third-order valence-electron chi connectivity index (χ3n) is 5.56. The largest absolute Gasteiger partial charge is 0.306 e. The molecule has 0 aliphatic carbocycles. The number of hydrogen-bond donors (Lipinski definition) is 0. The maximum atomic E-state index is 13.1. The third-order valence-corrected chi connectivity index (χ3v) is 6.12. The summed E-state index contributed by atoms with van der Waals surface area (Å²) in [5.74, 6) is 0.373. The molecular formula is C22H22Cl2N2O. The van der Waals surface area contributed by atoms with E-state index in [-0.39, 0.29) is 11.9 Å². The summed E-state index contributed by atoms with van der Waals surface area (Å²) < 4.78 is 0. The molecule has 3 nitrogen and oxygen atoms in total. The molecule has 27 heavy (non-hydrogen) atoms. The van der Waals surface area contributed by atoms with Gasteiger partial charge in [0.15, 0.2) is 0 Å². The highest BCUT2D eigenvalue weighted by molar-refractivity contribution is 6.35. The van der Waals surface area contributed by atoms with Gasteiger partial charge >= 0.3 is 0 Å². The van der Waals surface area contributed by atoms with E-state index in [0.29, 0.717) is 16.0 Å². The first-order chi connectivity index (χ1) is 12.9. The van der Waals surface area contributed by atoms with Gasteiger partial charge in [-0.25, -0.2) is 0 Å². The van der Waals surface area contributed by atoms with Crippen LogP contribution in [0.1, 0.15) is 29.0 Å². The zero-order valence-electron chi connectivity index (χ0n) is 15.5. The van der Waals surface area contributed by atoms with E-state index in [1.807, 2.05) is 11.0 Å². The average Bonchev–Trinajstić information content (AvgIpc) is 2.94. The number of rotatable bonds is 2. The highest BCUT2D eigenvalue weighted by atomic mass is 35.5. The second-order valence-corrected chi connectivity index (χ2v) is 8.34. The van der Waals surface area contributed by atoms with Crippen molar-refractivity contribution in [2.45, 2.75) is 25.3 Å². The van der Waals surface area contributed by atoms with Crippen molar-refractivity contribution in [1.82, 2.24) is 4.90 Å². The van der Waals surface area contributed by atoms with Crippen LogP contribution in [0.25, 0.3) is 6.08 Å². The Balaban J connectivity index is 1.66. The van der Waals surface area contributed by atoms with E-state index in [1.54, 1.807) is 24.3 Å². The SMILES string of the molecule is Cc1ccc2c(c1)C1CN(C)CCC1N2C(=O)/C=C/c1ccc(Cl)cc1Cl. The fourth-order valence-electron chi connectivity index (χ4n) is 4.25. The molecule has 140 valence electrons. The van der Waals surface area contributed by atoms with Gasteiger partial charge in [0.05, 0.1) is 0 Å². The molecule has 5 heteroatoms. The second kappa shape index (κ2) is 7.31. The lowest BCUT2D eigenvalue weighted by molar-refractivity contribution is -0.114. The molecule has 0 bridgehead atoms. The fraction of sp³-hybridized carbons (Fsp3) is 0.318. The zero-order chi connectivity index (χ0) is 19.1. The van der Waals surface area contributed by atoms with Gasteiger partial charge in [-0.05, 0) is 62.3 Å². The van der Waals surface area contributed by atoms with Crippen molar-refractivity contribution < 1.29 is 4.79 Å². The van der Waals surface area contributed by atoms with E-state index < -0.39 is 0 Å². The number of amides is 1. The van der Waals surface area contributed by atoms with Crippen molar-refractivity contribution in [2.75, 3.05) is 25.0 Å². The molecular weight excluding hydrogens is 379 g/mol. The first-order valence-electron chi connectivity index (χ1n) is 9.19. The summed E-state index contributed by atoms with van der Waals surface area (Å²) >= 11 is 12.2. The number of carbonyl (C=O) groups excluding carboxylic acids is 1. The summed E-state index contributed by atoms with van der Waals surface area (Å²) in [6.45, 7) is 4.09. The minimum Gasteiger partial charge on any atom is -0.306 e. The summed E-state index contributed by atoms with van der Waals surface area (Å²) in [6.07, 6.45) is 4.38. The predicted molar refractivity (Wildman–Crippen MR) is 113 cm³/mol. The monoisotopic (exact) mass is 400 g/mol. The second-order valence-electron chi connectivity index (χ2n) is 7.49. The van der Waals surface area contributed by atoms with Gasteiger partial charge in [0, 0.05) is 40.3 Å². The van der Waals surface area contributed by atoms with Gasteiger partial charge in [-0.3, -0.25) is 4.79 Å². The standard InChI is InChI=1S/C22H22Cl2N2O/c1-14-3-7-20-17(11-14)18-13-25(2)10-9-21(18)26(20)22(27)8-5-15-4-6-16(23)12-19(15)24/h3-8,11-12,18,21H,9-10,13H2,1-2H3/b8-5+. The zero-order valence-corrected chi connectivity index (χ0v) is 17.0. The topological polar surface area (TPSA) is 23.6 Å². The van der Waals surface area contributed by atoms with Crippen LogP contribution in [0, 0.1) is 6.92 Å². The van der Waals surface area contributed by atoms with E-state index in [4.69, 9.17) is 23.2 Å². The number of halogens is 2. The quantitative estimate of drug-likeness (QED) is 0.650. The minimum atomic E-state index is 0.00294. The van der Waals surface area contributed by atoms with Crippen molar-refractivity contribution in [2.24, 2.45) is 0 Å². The van der Waals surface area contributed by atoms with E-state index in [2.05, 4.69) is 37.1 Å². The van der Waals surface area contributed by atoms with Gasteiger partial charge in [-0.1, -0.05) is 47.0 Å². The first kappa shape index (κ1) is 18.5. The Morgan fingerprint density at radius 2 is 2.00 bits per heavy atom. The van der Waals surface area contributed by atoms with Crippen molar-refractivity contribution in [3.8, 4) is 0 Å². The van der Waals surface area contributed by atoms with Gasteiger partial charge in [0.1, 0.15) is 0 Å². The maximum Gasteiger partial charge on any atom is 0.251 e. The van der Waals surface area contributed by atoms with Crippen molar-refractivity contribution >= 4 is 40.9 Å². The number of likely N-dealkylation sites (tertiary alicyclic amines) is 1. The molecule has 0 spiro atoms. The molecule has 2 aliphatic rings. The molecule has 2 aromatic carbocycles. The Labute approximate surface area is 170 Å². The lowest BCUT2D eigenvalue weighted by atomic mass is 9.89. The molecule has 0 N–H and O–H groups in total. The van der Waals surface area contributed by atoms with Crippen molar-refractivity contribution in [3.05, 3.63) is 69.2 Å². The molecule has 2 aromatic rings. The number of hydrogen-bond acceptors (Lipinski definition) is 2. The predicted octanol–water partition coefficient (Wildman–Crippen LogP) is 5.15. The Morgan fingerprint density at radius 3 is 2.78 bits per heavy atom. The van der Waals surface area contributed by atoms with Crippen LogP contribution >= 0.6 is 23.2 Å². The number of benzene rings is 2. The molecule has 2 aliphatic heterocycles. The van der Waals surface area contributed by atoms with Crippen LogP contribution in [-0.2, 0) is 4.79 Å². The molecule has 2 unspecified atom stereocenters. The van der Waals surface area contributed by atoms with Crippen LogP contribution in [0.2, 0.25) is 10.0 Å². The van der Waals surface area contributed by atoms with E-state index in [9.17, 15) is 4.79 Å². The number of aryl methyl sites for hydroxylation is 1. The van der Waals surface area contributed by atoms with Crippen LogP contribution in [0.4, 0.5) is 5.69 Å². The highest BCUT2D eigenvalue weighted by Crippen LogP contribution is 2.45. The first-order valence-corrected chi connectivity index (χ1v) is 9.95. The summed E-state index contributed by atoms with van der Waals surface area (Å²) in [7, 11) is 2.15. The number of likely N-dealkylation sites (N-methyl/N-ethyl adjacent to an activating group) is 1. The van der Waals surface area contributed by atoms with E-state index >= 15 is 0 Å². The van der Waals surface area contributed by atoms with Gasteiger partial charge < -0.3 is 9.80 Å². The fourth-order valence-corrected chi connectivity index (χ4v) is 4.72. The Hall–Kier alpha value is -1.81. The number of nitrogens with zero attached hydrogens (tertiary/aromatic N) is 2. The van der Waals surface area contributed by atoms with E-state index in [0.717, 1.165) is 30.8 Å². The number of piperidine rings is 1. The number of carbonyl (C=O) groups is 1. The average molecular weight is 401 g/mol. The maximum absolute atomic E-state index is 13.1. The normalized spacial score (nSPS) is 22.1. The van der Waals surface area contributed by atoms with Gasteiger partial charge in [0.25, 0.3) is 5.91 Å².